The third kappa shape index (κ3) is 2.59. The number of aryl methyl sites for hydroxylation is 2. The van der Waals surface area contributed by atoms with Gasteiger partial charge in [-0.2, -0.15) is 0 Å². The van der Waals surface area contributed by atoms with Gasteiger partial charge in [0, 0.05) is 10.4 Å². The summed E-state index contributed by atoms with van der Waals surface area (Å²) in [6.07, 6.45) is 4.50. The molecular formula is C20H22N2OS. The van der Waals surface area contributed by atoms with Gasteiger partial charge in [-0.3, -0.25) is 4.79 Å². The van der Waals surface area contributed by atoms with Gasteiger partial charge in [0.25, 0.3) is 5.56 Å². The van der Waals surface area contributed by atoms with Crippen molar-refractivity contribution in [1.29, 1.82) is 0 Å². The van der Waals surface area contributed by atoms with Gasteiger partial charge in [-0.05, 0) is 42.2 Å². The van der Waals surface area contributed by atoms with Gasteiger partial charge in [0.05, 0.1) is 5.39 Å². The van der Waals surface area contributed by atoms with Crippen LogP contribution < -0.4 is 5.56 Å². The molecule has 1 aromatic carbocycles. The average Bonchev–Trinajstić information content (AvgIpc) is 2.93. The van der Waals surface area contributed by atoms with E-state index in [1.165, 1.54) is 28.8 Å². The van der Waals surface area contributed by atoms with Crippen molar-refractivity contribution in [2.75, 3.05) is 0 Å². The van der Waals surface area contributed by atoms with Crippen molar-refractivity contribution >= 4 is 21.6 Å². The second-order valence-electron chi connectivity index (χ2n) is 7.63. The molecule has 4 heteroatoms. The first-order chi connectivity index (χ1) is 11.4. The number of hydrogen-bond acceptors (Lipinski definition) is 3. The minimum Gasteiger partial charge on any atom is -0.306 e. The molecule has 0 unspecified atom stereocenters. The fraction of sp³-hybridized carbons (Fsp3) is 0.400. The van der Waals surface area contributed by atoms with Gasteiger partial charge in [-0.1, -0.05) is 45.0 Å². The molecule has 1 aliphatic carbocycles. The predicted molar refractivity (Wildman–Crippen MR) is 101 cm³/mol. The number of fused-ring (bicyclic) bond motifs is 3. The molecule has 3 aromatic rings. The topological polar surface area (TPSA) is 45.8 Å². The lowest BCUT2D eigenvalue weighted by Crippen LogP contribution is -2.12. The van der Waals surface area contributed by atoms with Crippen LogP contribution in [0, 0.1) is 0 Å². The van der Waals surface area contributed by atoms with Crippen molar-refractivity contribution < 1.29 is 0 Å². The zero-order valence-electron chi connectivity index (χ0n) is 14.4. The lowest BCUT2D eigenvalue weighted by Gasteiger charge is -2.19. The highest BCUT2D eigenvalue weighted by Gasteiger charge is 2.20. The molecule has 0 atom stereocenters. The molecule has 0 amide bonds. The molecule has 2 aromatic heterocycles. The van der Waals surface area contributed by atoms with Crippen molar-refractivity contribution in [2.45, 2.75) is 51.9 Å². The molecule has 2 heterocycles. The van der Waals surface area contributed by atoms with Gasteiger partial charge in [0.2, 0.25) is 0 Å². The van der Waals surface area contributed by atoms with Gasteiger partial charge in [-0.25, -0.2) is 4.98 Å². The number of hydrogen-bond donors (Lipinski definition) is 1. The van der Waals surface area contributed by atoms with E-state index < -0.39 is 0 Å². The summed E-state index contributed by atoms with van der Waals surface area (Å²) < 4.78 is 0. The maximum Gasteiger partial charge on any atom is 0.260 e. The maximum atomic E-state index is 12.6. The zero-order chi connectivity index (χ0) is 16.9. The Bertz CT molecular complexity index is 958. The van der Waals surface area contributed by atoms with Crippen LogP contribution in [0.2, 0.25) is 0 Å². The summed E-state index contributed by atoms with van der Waals surface area (Å²) in [4.78, 5) is 22.7. The lowest BCUT2D eigenvalue weighted by molar-refractivity contribution is 0.590. The fourth-order valence-corrected chi connectivity index (χ4v) is 4.69. The highest BCUT2D eigenvalue weighted by atomic mass is 32.1. The van der Waals surface area contributed by atoms with Crippen molar-refractivity contribution in [3.63, 3.8) is 0 Å². The maximum absolute atomic E-state index is 12.6. The second kappa shape index (κ2) is 5.55. The number of benzene rings is 1. The molecule has 3 nitrogen and oxygen atoms in total. The minimum atomic E-state index is 0.00861. The number of aromatic amines is 1. The molecule has 124 valence electrons. The summed E-state index contributed by atoms with van der Waals surface area (Å²) in [5.74, 6) is 0.673. The molecule has 0 spiro atoms. The van der Waals surface area contributed by atoms with E-state index in [-0.39, 0.29) is 11.0 Å². The number of rotatable bonds is 1. The Morgan fingerprint density at radius 3 is 2.50 bits per heavy atom. The highest BCUT2D eigenvalue weighted by Crippen LogP contribution is 2.34. The van der Waals surface area contributed by atoms with Crippen molar-refractivity contribution in [2.24, 2.45) is 0 Å². The molecule has 0 aliphatic heterocycles. The molecular weight excluding hydrogens is 316 g/mol. The van der Waals surface area contributed by atoms with E-state index in [9.17, 15) is 4.79 Å². The second-order valence-corrected chi connectivity index (χ2v) is 8.72. The first kappa shape index (κ1) is 15.6. The van der Waals surface area contributed by atoms with Crippen molar-refractivity contribution in [1.82, 2.24) is 9.97 Å². The van der Waals surface area contributed by atoms with E-state index in [2.05, 4.69) is 50.0 Å². The van der Waals surface area contributed by atoms with Crippen LogP contribution in [0.15, 0.2) is 29.1 Å². The van der Waals surface area contributed by atoms with Gasteiger partial charge in [0.1, 0.15) is 10.7 Å². The summed E-state index contributed by atoms with van der Waals surface area (Å²) >= 11 is 1.70. The molecule has 4 rings (SSSR count). The summed E-state index contributed by atoms with van der Waals surface area (Å²) in [6, 6.07) is 8.36. The number of H-pyrrole nitrogens is 1. The normalized spacial score (nSPS) is 14.8. The SMILES string of the molecule is CC(C)(C)c1ccc(-c2nc3sc4c(c3c(=O)[nH]2)CCCC4)cc1. The van der Waals surface area contributed by atoms with Crippen molar-refractivity contribution in [3.05, 3.63) is 50.6 Å². The smallest absolute Gasteiger partial charge is 0.260 e. The van der Waals surface area contributed by atoms with Crippen LogP contribution in [0.25, 0.3) is 21.6 Å². The zero-order valence-corrected chi connectivity index (χ0v) is 15.2. The van der Waals surface area contributed by atoms with Crippen LogP contribution in [-0.4, -0.2) is 9.97 Å². The van der Waals surface area contributed by atoms with E-state index >= 15 is 0 Å². The third-order valence-corrected chi connectivity index (χ3v) is 6.04. The quantitative estimate of drug-likeness (QED) is 0.691. The van der Waals surface area contributed by atoms with Gasteiger partial charge >= 0.3 is 0 Å². The first-order valence-corrected chi connectivity index (χ1v) is 9.40. The number of nitrogens with zero attached hydrogens (tertiary/aromatic N) is 1. The number of aromatic nitrogens is 2. The van der Waals surface area contributed by atoms with Crippen LogP contribution in [0.4, 0.5) is 0 Å². The summed E-state index contributed by atoms with van der Waals surface area (Å²) in [7, 11) is 0. The Morgan fingerprint density at radius 1 is 1.08 bits per heavy atom. The van der Waals surface area contributed by atoms with Gasteiger partial charge in [0.15, 0.2) is 0 Å². The Kier molecular flexibility index (Phi) is 3.61. The van der Waals surface area contributed by atoms with Crippen LogP contribution in [0.1, 0.15) is 49.6 Å². The Labute approximate surface area is 145 Å². The van der Waals surface area contributed by atoms with Crippen molar-refractivity contribution in [3.8, 4) is 11.4 Å². The Hall–Kier alpha value is -1.94. The monoisotopic (exact) mass is 338 g/mol. The highest BCUT2D eigenvalue weighted by molar-refractivity contribution is 7.18. The molecule has 24 heavy (non-hydrogen) atoms. The molecule has 0 saturated carbocycles. The largest absolute Gasteiger partial charge is 0.306 e. The summed E-state index contributed by atoms with van der Waals surface area (Å²) in [6.45, 7) is 6.60. The van der Waals surface area contributed by atoms with Crippen LogP contribution in [-0.2, 0) is 18.3 Å². The first-order valence-electron chi connectivity index (χ1n) is 8.59. The lowest BCUT2D eigenvalue weighted by atomic mass is 9.87. The van der Waals surface area contributed by atoms with E-state index in [1.807, 2.05) is 0 Å². The molecule has 1 aliphatic rings. The molecule has 0 fully saturated rings. The molecule has 0 radical (unpaired) electrons. The van der Waals surface area contributed by atoms with Crippen LogP contribution >= 0.6 is 11.3 Å². The predicted octanol–water partition coefficient (Wildman–Crippen LogP) is 4.83. The van der Waals surface area contributed by atoms with Crippen LogP contribution in [0.5, 0.6) is 0 Å². The van der Waals surface area contributed by atoms with Gasteiger partial charge in [-0.15, -0.1) is 11.3 Å². The number of nitrogens with one attached hydrogen (secondary N) is 1. The number of thiophene rings is 1. The van der Waals surface area contributed by atoms with E-state index in [1.54, 1.807) is 11.3 Å². The molecule has 0 bridgehead atoms. The minimum absolute atomic E-state index is 0.00861. The van der Waals surface area contributed by atoms with E-state index in [0.29, 0.717) is 5.82 Å². The molecule has 1 N–H and O–H groups in total. The van der Waals surface area contributed by atoms with Gasteiger partial charge < -0.3 is 4.98 Å². The fourth-order valence-electron chi connectivity index (χ4n) is 3.43. The summed E-state index contributed by atoms with van der Waals surface area (Å²) in [5, 5.41) is 0.824. The Balaban J connectivity index is 1.82. The van der Waals surface area contributed by atoms with Crippen LogP contribution in [0.3, 0.4) is 0 Å². The average molecular weight is 338 g/mol. The van der Waals surface area contributed by atoms with E-state index in [4.69, 9.17) is 4.98 Å². The Morgan fingerprint density at radius 2 is 1.79 bits per heavy atom. The summed E-state index contributed by atoms with van der Waals surface area (Å²) in [5.41, 5.74) is 3.62. The molecule has 0 saturated heterocycles. The third-order valence-electron chi connectivity index (χ3n) is 4.85. The standard InChI is InChI=1S/C20H22N2OS/c1-20(2,3)13-10-8-12(9-11-13)17-21-18(23)16-14-6-4-5-7-15(14)24-19(16)22-17/h8-11H,4-7H2,1-3H3,(H,21,22,23). The van der Waals surface area contributed by atoms with E-state index in [0.717, 1.165) is 28.6 Å².